The van der Waals surface area contributed by atoms with E-state index in [0.29, 0.717) is 5.56 Å². The topological polar surface area (TPSA) is 87.9 Å². The van der Waals surface area contributed by atoms with E-state index in [4.69, 9.17) is 14.2 Å². The van der Waals surface area contributed by atoms with Crippen LogP contribution in [0.3, 0.4) is 0 Å². The van der Waals surface area contributed by atoms with Crippen molar-refractivity contribution < 1.29 is 23.9 Å². The van der Waals surface area contributed by atoms with Crippen LogP contribution in [-0.2, 0) is 9.47 Å². The Kier molecular flexibility index (Phi) is 5.45. The Bertz CT molecular complexity index is 526. The van der Waals surface area contributed by atoms with Crippen LogP contribution in [0, 0.1) is 24.0 Å². The Balaban J connectivity index is 3.43. The van der Waals surface area contributed by atoms with E-state index < -0.39 is 10.9 Å². The number of rotatable bonds is 6. The van der Waals surface area contributed by atoms with Crippen LogP contribution in [-0.4, -0.2) is 31.4 Å². The molecule has 0 saturated carbocycles. The Morgan fingerprint density at radius 1 is 1.40 bits per heavy atom. The van der Waals surface area contributed by atoms with Crippen LogP contribution < -0.4 is 4.74 Å². The van der Waals surface area contributed by atoms with E-state index in [2.05, 4.69) is 0 Å². The number of nitro benzene ring substituents is 1. The molecule has 1 rings (SSSR count). The van der Waals surface area contributed by atoms with Crippen LogP contribution in [0.2, 0.25) is 0 Å². The molecule has 1 aromatic carbocycles. The highest BCUT2D eigenvalue weighted by atomic mass is 16.7. The number of ether oxygens (including phenoxy) is 3. The lowest BCUT2D eigenvalue weighted by Gasteiger charge is -2.14. The maximum absolute atomic E-state index is 12.0. The molecule has 0 aliphatic heterocycles. The van der Waals surface area contributed by atoms with E-state index in [9.17, 15) is 14.9 Å². The molecule has 0 spiro atoms. The summed E-state index contributed by atoms with van der Waals surface area (Å²) < 4.78 is 15.0. The molecular formula is C13H17NO6. The second kappa shape index (κ2) is 6.85. The van der Waals surface area contributed by atoms with E-state index in [1.807, 2.05) is 0 Å². The van der Waals surface area contributed by atoms with E-state index in [0.717, 1.165) is 0 Å². The minimum absolute atomic E-state index is 0.0567. The van der Waals surface area contributed by atoms with Gasteiger partial charge in [0.25, 0.3) is 5.69 Å². The van der Waals surface area contributed by atoms with Crippen LogP contribution >= 0.6 is 0 Å². The summed E-state index contributed by atoms with van der Waals surface area (Å²) in [5, 5.41) is 11.1. The second-order valence-corrected chi connectivity index (χ2v) is 4.07. The molecule has 0 unspecified atom stereocenters. The van der Waals surface area contributed by atoms with Crippen LogP contribution in [0.4, 0.5) is 5.69 Å². The molecule has 0 aliphatic carbocycles. The summed E-state index contributed by atoms with van der Waals surface area (Å²) in [6, 6.07) is 1.44. The zero-order valence-corrected chi connectivity index (χ0v) is 11.9. The van der Waals surface area contributed by atoms with E-state index in [1.165, 1.54) is 20.1 Å². The largest absolute Gasteiger partial charge is 0.467 e. The fourth-order valence-electron chi connectivity index (χ4n) is 1.91. The molecule has 0 amide bonds. The van der Waals surface area contributed by atoms with Crippen molar-refractivity contribution in [2.24, 2.45) is 0 Å². The Labute approximate surface area is 116 Å². The Morgan fingerprint density at radius 2 is 2.05 bits per heavy atom. The molecule has 7 heteroatoms. The predicted octanol–water partition coefficient (Wildman–Crippen LogP) is 2.37. The minimum Gasteiger partial charge on any atom is -0.467 e. The molecule has 0 atom stereocenters. The number of hydrogen-bond donors (Lipinski definition) is 0. The third-order valence-electron chi connectivity index (χ3n) is 2.69. The smallest absolute Gasteiger partial charge is 0.342 e. The molecule has 0 aromatic heterocycles. The highest BCUT2D eigenvalue weighted by Crippen LogP contribution is 2.34. The lowest BCUT2D eigenvalue weighted by Crippen LogP contribution is -2.13. The van der Waals surface area contributed by atoms with Crippen molar-refractivity contribution in [3.8, 4) is 5.75 Å². The van der Waals surface area contributed by atoms with Gasteiger partial charge in [0.2, 0.25) is 0 Å². The van der Waals surface area contributed by atoms with Crippen molar-refractivity contribution in [2.45, 2.75) is 20.8 Å². The average molecular weight is 283 g/mol. The van der Waals surface area contributed by atoms with E-state index >= 15 is 0 Å². The van der Waals surface area contributed by atoms with Crippen LogP contribution in [0.15, 0.2) is 6.07 Å². The van der Waals surface area contributed by atoms with Crippen LogP contribution in [0.1, 0.15) is 28.4 Å². The van der Waals surface area contributed by atoms with Crippen LogP contribution in [0.5, 0.6) is 5.75 Å². The molecule has 0 radical (unpaired) electrons. The van der Waals surface area contributed by atoms with Gasteiger partial charge in [0.1, 0.15) is 11.3 Å². The predicted molar refractivity (Wildman–Crippen MR) is 71.0 cm³/mol. The highest BCUT2D eigenvalue weighted by Gasteiger charge is 2.27. The number of benzene rings is 1. The summed E-state index contributed by atoms with van der Waals surface area (Å²) in [4.78, 5) is 22.5. The molecule has 0 heterocycles. The maximum atomic E-state index is 12.0. The molecule has 0 aliphatic rings. The first-order valence-electron chi connectivity index (χ1n) is 6.01. The van der Waals surface area contributed by atoms with Crippen molar-refractivity contribution >= 4 is 11.7 Å². The summed E-state index contributed by atoms with van der Waals surface area (Å²) in [5.41, 5.74) is 0.574. The van der Waals surface area contributed by atoms with Gasteiger partial charge in [-0.05, 0) is 26.8 Å². The third kappa shape index (κ3) is 3.24. The number of carbonyl (C=O) groups excluding carboxylic acids is 1. The molecule has 0 fully saturated rings. The molecule has 0 N–H and O–H groups in total. The van der Waals surface area contributed by atoms with Gasteiger partial charge in [-0.3, -0.25) is 10.1 Å². The quantitative estimate of drug-likeness (QED) is 0.344. The van der Waals surface area contributed by atoms with Crippen molar-refractivity contribution in [3.63, 3.8) is 0 Å². The van der Waals surface area contributed by atoms with Gasteiger partial charge in [-0.15, -0.1) is 0 Å². The number of hydrogen-bond acceptors (Lipinski definition) is 6. The summed E-state index contributed by atoms with van der Waals surface area (Å²) >= 11 is 0. The Hall–Kier alpha value is -2.15. The zero-order valence-electron chi connectivity index (χ0n) is 11.9. The van der Waals surface area contributed by atoms with E-state index in [-0.39, 0.29) is 36.0 Å². The van der Waals surface area contributed by atoms with Gasteiger partial charge in [-0.2, -0.15) is 0 Å². The summed E-state index contributed by atoms with van der Waals surface area (Å²) in [6.07, 6.45) is 0. The maximum Gasteiger partial charge on any atom is 0.342 e. The Morgan fingerprint density at radius 3 is 2.55 bits per heavy atom. The van der Waals surface area contributed by atoms with Crippen molar-refractivity contribution in [1.29, 1.82) is 0 Å². The summed E-state index contributed by atoms with van der Waals surface area (Å²) in [6.45, 7) is 4.84. The molecule has 20 heavy (non-hydrogen) atoms. The fraction of sp³-hybridized carbons (Fsp3) is 0.462. The first-order chi connectivity index (χ1) is 9.43. The fourth-order valence-corrected chi connectivity index (χ4v) is 1.91. The second-order valence-electron chi connectivity index (χ2n) is 4.07. The van der Waals surface area contributed by atoms with Crippen molar-refractivity contribution in [1.82, 2.24) is 0 Å². The molecule has 110 valence electrons. The lowest BCUT2D eigenvalue weighted by molar-refractivity contribution is -0.386. The number of nitrogens with zero attached hydrogens (tertiary/aromatic N) is 1. The number of esters is 1. The highest BCUT2D eigenvalue weighted by molar-refractivity contribution is 5.95. The SMILES string of the molecule is CCOC(=O)c1c(OCOC)cc(C)c([N+](=O)[O-])c1C. The molecule has 0 bridgehead atoms. The monoisotopic (exact) mass is 283 g/mol. The summed E-state index contributed by atoms with van der Waals surface area (Å²) in [5.74, 6) is -0.440. The number of methoxy groups -OCH3 is 1. The first-order valence-corrected chi connectivity index (χ1v) is 6.01. The van der Waals surface area contributed by atoms with E-state index in [1.54, 1.807) is 13.8 Å². The van der Waals surface area contributed by atoms with Gasteiger partial charge in [0.05, 0.1) is 11.5 Å². The zero-order chi connectivity index (χ0) is 15.3. The molecular weight excluding hydrogens is 266 g/mol. The third-order valence-corrected chi connectivity index (χ3v) is 2.69. The lowest BCUT2D eigenvalue weighted by atomic mass is 10.0. The first kappa shape index (κ1) is 15.9. The van der Waals surface area contributed by atoms with Gasteiger partial charge in [-0.25, -0.2) is 4.79 Å². The van der Waals surface area contributed by atoms with Crippen molar-refractivity contribution in [3.05, 3.63) is 32.9 Å². The standard InChI is InChI=1S/C13H17NO6/c1-5-19-13(15)11-9(3)12(14(16)17)8(2)6-10(11)20-7-18-4/h6H,5,7H2,1-4H3. The van der Waals surface area contributed by atoms with Crippen molar-refractivity contribution in [2.75, 3.05) is 20.5 Å². The molecule has 1 aromatic rings. The van der Waals surface area contributed by atoms with Gasteiger partial charge < -0.3 is 14.2 Å². The van der Waals surface area contributed by atoms with Crippen LogP contribution in [0.25, 0.3) is 0 Å². The molecule has 0 saturated heterocycles. The number of carbonyl (C=O) groups is 1. The normalized spacial score (nSPS) is 10.2. The molecule has 7 nitrogen and oxygen atoms in total. The van der Waals surface area contributed by atoms with Gasteiger partial charge in [-0.1, -0.05) is 0 Å². The van der Waals surface area contributed by atoms with Gasteiger partial charge in [0, 0.05) is 18.2 Å². The minimum atomic E-state index is -0.654. The summed E-state index contributed by atoms with van der Waals surface area (Å²) in [7, 11) is 1.44. The van der Waals surface area contributed by atoms with Gasteiger partial charge in [0.15, 0.2) is 6.79 Å². The average Bonchev–Trinajstić information content (AvgIpc) is 2.35. The number of nitro groups is 1. The number of aryl methyl sites for hydroxylation is 1. The van der Waals surface area contributed by atoms with Gasteiger partial charge >= 0.3 is 5.97 Å².